The zero-order valence-electron chi connectivity index (χ0n) is 17.3. The topological polar surface area (TPSA) is 111 Å². The molecule has 31 heavy (non-hydrogen) atoms. The highest BCUT2D eigenvalue weighted by molar-refractivity contribution is 6.10. The Bertz CT molecular complexity index is 1000. The van der Waals surface area contributed by atoms with Crippen molar-refractivity contribution in [3.63, 3.8) is 0 Å². The molecule has 3 amide bonds. The van der Waals surface area contributed by atoms with E-state index in [-0.39, 0.29) is 18.4 Å². The van der Waals surface area contributed by atoms with Gasteiger partial charge in [0.15, 0.2) is 5.75 Å². The lowest BCUT2D eigenvalue weighted by Gasteiger charge is -2.32. The van der Waals surface area contributed by atoms with E-state index in [2.05, 4.69) is 5.32 Å². The number of ether oxygens (including phenoxy) is 2. The Balaban J connectivity index is 1.67. The van der Waals surface area contributed by atoms with E-state index < -0.39 is 17.9 Å². The maximum atomic E-state index is 12.7. The molecule has 162 valence electrons. The molecule has 4 rings (SSSR count). The van der Waals surface area contributed by atoms with E-state index in [4.69, 9.17) is 15.2 Å². The minimum Gasteiger partial charge on any atom is -0.455 e. The van der Waals surface area contributed by atoms with Gasteiger partial charge in [0.1, 0.15) is 17.8 Å². The van der Waals surface area contributed by atoms with E-state index in [1.165, 1.54) is 4.90 Å². The predicted octanol–water partition coefficient (Wildman–Crippen LogP) is 3.59. The minimum atomic E-state index is -0.970. The van der Waals surface area contributed by atoms with Gasteiger partial charge in [0, 0.05) is 18.8 Å². The number of nitrogens with one attached hydrogen (secondary N) is 1. The molecule has 1 heterocycles. The Hall–Kier alpha value is -3.55. The largest absolute Gasteiger partial charge is 0.455 e. The van der Waals surface area contributed by atoms with Crippen LogP contribution in [-0.2, 0) is 20.7 Å². The molecule has 2 aromatic carbocycles. The van der Waals surface area contributed by atoms with Crippen LogP contribution in [0.5, 0.6) is 11.5 Å². The molecular formula is C23H25N3O5. The number of carbonyl (C=O) groups excluding carboxylic acids is 3. The lowest BCUT2D eigenvalue weighted by molar-refractivity contribution is -0.132. The Morgan fingerprint density at radius 2 is 1.84 bits per heavy atom. The Labute approximate surface area is 180 Å². The number of hydrogen-bond acceptors (Lipinski definition) is 5. The van der Waals surface area contributed by atoms with Crippen LogP contribution in [0.1, 0.15) is 31.2 Å². The maximum Gasteiger partial charge on any atom is 0.411 e. The summed E-state index contributed by atoms with van der Waals surface area (Å²) < 4.78 is 11.5. The quantitative estimate of drug-likeness (QED) is 0.714. The summed E-state index contributed by atoms with van der Waals surface area (Å²) in [4.78, 5) is 38.2. The average molecular weight is 423 g/mol. The second-order valence-electron chi connectivity index (χ2n) is 7.89. The number of nitrogens with two attached hydrogens (primary N) is 1. The number of nitrogens with zero attached hydrogens (tertiary/aromatic N) is 1. The first kappa shape index (κ1) is 20.7. The molecule has 0 bridgehead atoms. The van der Waals surface area contributed by atoms with Crippen LogP contribution in [0, 0.1) is 5.92 Å². The molecule has 1 aliphatic heterocycles. The third kappa shape index (κ3) is 4.47. The molecule has 8 heteroatoms. The van der Waals surface area contributed by atoms with E-state index in [0.29, 0.717) is 28.4 Å². The third-order valence-corrected chi connectivity index (χ3v) is 5.68. The van der Waals surface area contributed by atoms with Crippen molar-refractivity contribution in [3.05, 3.63) is 48.0 Å². The normalized spacial score (nSPS) is 18.4. The first-order valence-corrected chi connectivity index (χ1v) is 10.4. The van der Waals surface area contributed by atoms with Gasteiger partial charge in [-0.05, 0) is 55.9 Å². The van der Waals surface area contributed by atoms with Gasteiger partial charge in [0.25, 0.3) is 0 Å². The molecule has 1 fully saturated rings. The molecule has 1 aliphatic carbocycles. The summed E-state index contributed by atoms with van der Waals surface area (Å²) >= 11 is 0. The molecule has 8 nitrogen and oxygen atoms in total. The van der Waals surface area contributed by atoms with Crippen LogP contribution >= 0.6 is 0 Å². The van der Waals surface area contributed by atoms with Crippen molar-refractivity contribution in [1.82, 2.24) is 0 Å². The summed E-state index contributed by atoms with van der Waals surface area (Å²) in [6.45, 7) is 0. The minimum absolute atomic E-state index is 0.0688. The van der Waals surface area contributed by atoms with Crippen molar-refractivity contribution in [2.24, 2.45) is 11.7 Å². The van der Waals surface area contributed by atoms with E-state index in [0.717, 1.165) is 25.7 Å². The van der Waals surface area contributed by atoms with Crippen LogP contribution in [0.3, 0.4) is 0 Å². The fraction of sp³-hybridized carbons (Fsp3) is 0.348. The van der Waals surface area contributed by atoms with Crippen LogP contribution < -0.4 is 20.7 Å². The van der Waals surface area contributed by atoms with Gasteiger partial charge in [0.2, 0.25) is 11.8 Å². The van der Waals surface area contributed by atoms with E-state index in [9.17, 15) is 14.4 Å². The second kappa shape index (κ2) is 8.67. The summed E-state index contributed by atoms with van der Waals surface area (Å²) in [7, 11) is 1.58. The number of primary amides is 1. The highest BCUT2D eigenvalue weighted by Crippen LogP contribution is 2.42. The Morgan fingerprint density at radius 3 is 2.52 bits per heavy atom. The van der Waals surface area contributed by atoms with Gasteiger partial charge in [-0.2, -0.15) is 0 Å². The highest BCUT2D eigenvalue weighted by atomic mass is 16.6. The fourth-order valence-corrected chi connectivity index (χ4v) is 4.15. The highest BCUT2D eigenvalue weighted by Gasteiger charge is 2.37. The monoisotopic (exact) mass is 423 g/mol. The molecule has 1 unspecified atom stereocenters. The molecule has 0 radical (unpaired) electrons. The van der Waals surface area contributed by atoms with Crippen molar-refractivity contribution in [3.8, 4) is 11.5 Å². The van der Waals surface area contributed by atoms with Crippen molar-refractivity contribution in [1.29, 1.82) is 0 Å². The SMILES string of the molecule is CN1C(=O)C(C(N)=O)Cc2cc(NC(=O)OC3CCCC3)cc(Oc3ccccc3)c21. The van der Waals surface area contributed by atoms with Crippen LogP contribution in [0.4, 0.5) is 16.2 Å². The Morgan fingerprint density at radius 1 is 1.13 bits per heavy atom. The van der Waals surface area contributed by atoms with Crippen molar-refractivity contribution in [2.45, 2.75) is 38.2 Å². The standard InChI is InChI=1S/C23H25N3O5/c1-26-20-14(12-18(21(24)27)22(26)28)11-15(25-23(29)31-17-9-5-6-10-17)13-19(20)30-16-7-3-2-4-8-16/h2-4,7-8,11,13,17-18H,5-6,9-10,12H2,1H3,(H2,24,27)(H,25,29). The summed E-state index contributed by atoms with van der Waals surface area (Å²) in [5.74, 6) is -1.08. The van der Waals surface area contributed by atoms with Crippen molar-refractivity contribution < 1.29 is 23.9 Å². The molecule has 0 saturated heterocycles. The number of hydrogen-bond donors (Lipinski definition) is 2. The molecule has 1 atom stereocenters. The lowest BCUT2D eigenvalue weighted by atomic mass is 9.90. The van der Waals surface area contributed by atoms with Crippen LogP contribution in [0.2, 0.25) is 0 Å². The van der Waals surface area contributed by atoms with Gasteiger partial charge in [-0.3, -0.25) is 14.9 Å². The molecular weight excluding hydrogens is 398 g/mol. The van der Waals surface area contributed by atoms with Crippen molar-refractivity contribution >= 4 is 29.3 Å². The van der Waals surface area contributed by atoms with Crippen LogP contribution in [-0.4, -0.2) is 31.1 Å². The predicted molar refractivity (Wildman–Crippen MR) is 115 cm³/mol. The van der Waals surface area contributed by atoms with Crippen LogP contribution in [0.25, 0.3) is 0 Å². The molecule has 3 N–H and O–H groups in total. The number of fused-ring (bicyclic) bond motifs is 1. The molecule has 2 aromatic rings. The van der Waals surface area contributed by atoms with Gasteiger partial charge in [-0.1, -0.05) is 18.2 Å². The first-order chi connectivity index (χ1) is 14.9. The first-order valence-electron chi connectivity index (χ1n) is 10.4. The molecule has 1 saturated carbocycles. The summed E-state index contributed by atoms with van der Waals surface area (Å²) in [5.41, 5.74) is 7.12. The molecule has 0 spiro atoms. The number of para-hydroxylation sites is 1. The van der Waals surface area contributed by atoms with Gasteiger partial charge >= 0.3 is 6.09 Å². The lowest BCUT2D eigenvalue weighted by Crippen LogP contribution is -2.44. The summed E-state index contributed by atoms with van der Waals surface area (Å²) in [6, 6.07) is 12.5. The zero-order chi connectivity index (χ0) is 22.0. The number of anilines is 2. The van der Waals surface area contributed by atoms with Gasteiger partial charge in [-0.15, -0.1) is 0 Å². The van der Waals surface area contributed by atoms with E-state index >= 15 is 0 Å². The van der Waals surface area contributed by atoms with Crippen molar-refractivity contribution in [2.75, 3.05) is 17.3 Å². The zero-order valence-corrected chi connectivity index (χ0v) is 17.3. The smallest absolute Gasteiger partial charge is 0.411 e. The number of benzene rings is 2. The second-order valence-corrected chi connectivity index (χ2v) is 7.89. The van der Waals surface area contributed by atoms with Gasteiger partial charge in [-0.25, -0.2) is 4.79 Å². The number of amides is 3. The Kier molecular flexibility index (Phi) is 5.79. The molecule has 2 aliphatic rings. The summed E-state index contributed by atoms with van der Waals surface area (Å²) in [6.07, 6.45) is 3.37. The van der Waals surface area contributed by atoms with E-state index in [1.807, 2.05) is 18.2 Å². The van der Waals surface area contributed by atoms with E-state index in [1.54, 1.807) is 31.3 Å². The molecule has 0 aromatic heterocycles. The summed E-state index contributed by atoms with van der Waals surface area (Å²) in [5, 5.41) is 2.75. The fourth-order valence-electron chi connectivity index (χ4n) is 4.15. The van der Waals surface area contributed by atoms with Gasteiger partial charge < -0.3 is 20.1 Å². The third-order valence-electron chi connectivity index (χ3n) is 5.68. The number of rotatable bonds is 5. The van der Waals surface area contributed by atoms with Gasteiger partial charge in [0.05, 0.1) is 5.69 Å². The van der Waals surface area contributed by atoms with Crippen LogP contribution in [0.15, 0.2) is 42.5 Å². The maximum absolute atomic E-state index is 12.7. The average Bonchev–Trinajstić information content (AvgIpc) is 3.23. The number of carbonyl (C=O) groups is 3.